The number of thioether (sulfide) groups is 1. The molecule has 15 heavy (non-hydrogen) atoms. The first kappa shape index (κ1) is 10.2. The van der Waals surface area contributed by atoms with Crippen LogP contribution in [0.25, 0.3) is 10.9 Å². The average Bonchev–Trinajstić information content (AvgIpc) is 2.63. The van der Waals surface area contributed by atoms with E-state index in [4.69, 9.17) is 6.42 Å². The van der Waals surface area contributed by atoms with E-state index < -0.39 is 0 Å². The first-order valence-corrected chi connectivity index (χ1v) is 6.00. The van der Waals surface area contributed by atoms with E-state index in [0.29, 0.717) is 0 Å². The van der Waals surface area contributed by atoms with Crippen molar-refractivity contribution in [3.63, 3.8) is 0 Å². The van der Waals surface area contributed by atoms with Crippen molar-refractivity contribution in [1.29, 1.82) is 0 Å². The van der Waals surface area contributed by atoms with Crippen molar-refractivity contribution >= 4 is 22.7 Å². The molecule has 2 rings (SSSR count). The topological polar surface area (TPSA) is 4.93 Å². The molecule has 0 atom stereocenters. The van der Waals surface area contributed by atoms with Crippen LogP contribution < -0.4 is 0 Å². The molecule has 0 bridgehead atoms. The normalized spacial score (nSPS) is 10.4. The summed E-state index contributed by atoms with van der Waals surface area (Å²) in [5.74, 6) is 3.39. The Bertz CT molecular complexity index is 505. The van der Waals surface area contributed by atoms with E-state index in [2.05, 4.69) is 47.7 Å². The first-order chi connectivity index (χ1) is 7.36. The van der Waals surface area contributed by atoms with Crippen LogP contribution in [0.1, 0.15) is 6.92 Å². The SMILES string of the molecule is C#CCSc1cc2ccccc2n1CC. The summed E-state index contributed by atoms with van der Waals surface area (Å²) in [5, 5.41) is 2.55. The third kappa shape index (κ3) is 1.88. The van der Waals surface area contributed by atoms with Crippen LogP contribution in [0.4, 0.5) is 0 Å². The van der Waals surface area contributed by atoms with Crippen molar-refractivity contribution in [2.45, 2.75) is 18.5 Å². The van der Waals surface area contributed by atoms with Gasteiger partial charge in [0.05, 0.1) is 10.8 Å². The highest BCUT2D eigenvalue weighted by molar-refractivity contribution is 7.99. The maximum atomic E-state index is 5.28. The summed E-state index contributed by atoms with van der Waals surface area (Å²) in [6.07, 6.45) is 5.28. The molecule has 0 N–H and O–H groups in total. The Morgan fingerprint density at radius 3 is 2.93 bits per heavy atom. The number of terminal acetylenes is 1. The van der Waals surface area contributed by atoms with Crippen LogP contribution >= 0.6 is 11.8 Å². The number of benzene rings is 1. The van der Waals surface area contributed by atoms with Gasteiger partial charge in [0.25, 0.3) is 0 Å². The lowest BCUT2D eigenvalue weighted by molar-refractivity contribution is 0.729. The van der Waals surface area contributed by atoms with E-state index in [9.17, 15) is 0 Å². The van der Waals surface area contributed by atoms with Gasteiger partial charge in [0.2, 0.25) is 0 Å². The second kappa shape index (κ2) is 4.46. The lowest BCUT2D eigenvalue weighted by Gasteiger charge is -2.05. The molecule has 2 heteroatoms. The first-order valence-electron chi connectivity index (χ1n) is 5.01. The molecule has 0 aliphatic rings. The standard InChI is InChI=1S/C13H13NS/c1-3-9-15-13-10-11-7-5-6-8-12(11)14(13)4-2/h1,5-8,10H,4,9H2,2H3. The molecule has 0 unspecified atom stereocenters. The van der Waals surface area contributed by atoms with Crippen LogP contribution in [-0.2, 0) is 6.54 Å². The van der Waals surface area contributed by atoms with E-state index in [1.807, 2.05) is 0 Å². The average molecular weight is 215 g/mol. The Balaban J connectivity index is 2.50. The van der Waals surface area contributed by atoms with Gasteiger partial charge < -0.3 is 4.57 Å². The largest absolute Gasteiger partial charge is 0.336 e. The van der Waals surface area contributed by atoms with Crippen LogP contribution in [0.2, 0.25) is 0 Å². The highest BCUT2D eigenvalue weighted by Crippen LogP contribution is 2.27. The second-order valence-electron chi connectivity index (χ2n) is 3.28. The Hall–Kier alpha value is -1.33. The van der Waals surface area contributed by atoms with Gasteiger partial charge in [-0.2, -0.15) is 0 Å². The van der Waals surface area contributed by atoms with Gasteiger partial charge in [0, 0.05) is 17.4 Å². The number of aromatic nitrogens is 1. The third-order valence-electron chi connectivity index (χ3n) is 2.39. The van der Waals surface area contributed by atoms with Crippen molar-refractivity contribution in [2.75, 3.05) is 5.75 Å². The molecule has 0 radical (unpaired) electrons. The lowest BCUT2D eigenvalue weighted by atomic mass is 10.2. The predicted octanol–water partition coefficient (Wildman–Crippen LogP) is 3.39. The number of aryl methyl sites for hydroxylation is 1. The smallest absolute Gasteiger partial charge is 0.0768 e. The summed E-state index contributed by atoms with van der Waals surface area (Å²) in [6, 6.07) is 10.6. The van der Waals surface area contributed by atoms with Gasteiger partial charge in [-0.15, -0.1) is 6.42 Å². The third-order valence-corrected chi connectivity index (χ3v) is 3.34. The molecule has 0 amide bonds. The molecule has 0 aliphatic carbocycles. The molecule has 1 nitrogen and oxygen atoms in total. The number of hydrogen-bond donors (Lipinski definition) is 0. The molecule has 0 saturated carbocycles. The fourth-order valence-electron chi connectivity index (χ4n) is 1.75. The van der Waals surface area contributed by atoms with Crippen molar-refractivity contribution in [3.8, 4) is 12.3 Å². The van der Waals surface area contributed by atoms with Crippen molar-refractivity contribution in [3.05, 3.63) is 30.3 Å². The van der Waals surface area contributed by atoms with Gasteiger partial charge in [-0.25, -0.2) is 0 Å². The number of nitrogens with zero attached hydrogens (tertiary/aromatic N) is 1. The van der Waals surface area contributed by atoms with Crippen LogP contribution in [0.15, 0.2) is 35.4 Å². The van der Waals surface area contributed by atoms with Gasteiger partial charge in [0.15, 0.2) is 0 Å². The number of fused-ring (bicyclic) bond motifs is 1. The zero-order valence-electron chi connectivity index (χ0n) is 8.73. The zero-order valence-corrected chi connectivity index (χ0v) is 9.55. The van der Waals surface area contributed by atoms with Gasteiger partial charge in [-0.05, 0) is 19.1 Å². The van der Waals surface area contributed by atoms with Gasteiger partial charge in [-0.1, -0.05) is 35.9 Å². The Labute approximate surface area is 94.5 Å². The number of rotatable bonds is 3. The summed E-state index contributed by atoms with van der Waals surface area (Å²) in [6.45, 7) is 3.15. The minimum atomic E-state index is 0.732. The summed E-state index contributed by atoms with van der Waals surface area (Å²) in [7, 11) is 0. The molecule has 1 aromatic heterocycles. The molecular weight excluding hydrogens is 202 g/mol. The second-order valence-corrected chi connectivity index (χ2v) is 4.27. The van der Waals surface area contributed by atoms with Crippen molar-refractivity contribution in [1.82, 2.24) is 4.57 Å². The number of hydrogen-bond acceptors (Lipinski definition) is 1. The van der Waals surface area contributed by atoms with Gasteiger partial charge in [-0.3, -0.25) is 0 Å². The molecule has 0 fully saturated rings. The van der Waals surface area contributed by atoms with Crippen molar-refractivity contribution < 1.29 is 0 Å². The van der Waals surface area contributed by atoms with Crippen LogP contribution in [0.5, 0.6) is 0 Å². The Morgan fingerprint density at radius 1 is 1.40 bits per heavy atom. The molecule has 76 valence electrons. The minimum Gasteiger partial charge on any atom is -0.336 e. The highest BCUT2D eigenvalue weighted by Gasteiger charge is 2.06. The van der Waals surface area contributed by atoms with E-state index in [1.165, 1.54) is 15.9 Å². The predicted molar refractivity (Wildman–Crippen MR) is 67.2 cm³/mol. The monoisotopic (exact) mass is 215 g/mol. The van der Waals surface area contributed by atoms with E-state index >= 15 is 0 Å². The van der Waals surface area contributed by atoms with Crippen LogP contribution in [-0.4, -0.2) is 10.3 Å². The fraction of sp³-hybridized carbons (Fsp3) is 0.231. The zero-order chi connectivity index (χ0) is 10.7. The highest BCUT2D eigenvalue weighted by atomic mass is 32.2. The lowest BCUT2D eigenvalue weighted by Crippen LogP contribution is -1.95. The molecule has 0 aliphatic heterocycles. The van der Waals surface area contributed by atoms with Gasteiger partial charge in [0.1, 0.15) is 0 Å². The number of para-hydroxylation sites is 1. The quantitative estimate of drug-likeness (QED) is 0.561. The fourth-order valence-corrected chi connectivity index (χ4v) is 2.57. The Morgan fingerprint density at radius 2 is 2.20 bits per heavy atom. The molecule has 1 heterocycles. The molecule has 2 aromatic rings. The summed E-state index contributed by atoms with van der Waals surface area (Å²) in [4.78, 5) is 0. The van der Waals surface area contributed by atoms with E-state index in [1.54, 1.807) is 11.8 Å². The van der Waals surface area contributed by atoms with E-state index in [-0.39, 0.29) is 0 Å². The minimum absolute atomic E-state index is 0.732. The summed E-state index contributed by atoms with van der Waals surface area (Å²) in [5.41, 5.74) is 1.29. The molecule has 1 aromatic carbocycles. The van der Waals surface area contributed by atoms with Crippen LogP contribution in [0, 0.1) is 12.3 Å². The molecule has 0 spiro atoms. The van der Waals surface area contributed by atoms with Gasteiger partial charge >= 0.3 is 0 Å². The maximum Gasteiger partial charge on any atom is 0.0768 e. The van der Waals surface area contributed by atoms with E-state index in [0.717, 1.165) is 12.3 Å². The maximum absolute atomic E-state index is 5.28. The van der Waals surface area contributed by atoms with Crippen molar-refractivity contribution in [2.24, 2.45) is 0 Å². The summed E-state index contributed by atoms with van der Waals surface area (Å²) < 4.78 is 2.30. The molecule has 0 saturated heterocycles. The molecular formula is C13H13NS. The Kier molecular flexibility index (Phi) is 3.03. The van der Waals surface area contributed by atoms with Crippen LogP contribution in [0.3, 0.4) is 0 Å². The summed E-state index contributed by atoms with van der Waals surface area (Å²) >= 11 is 1.72.